The zero-order chi connectivity index (χ0) is 27.3. The van der Waals surface area contributed by atoms with Gasteiger partial charge in [-0.3, -0.25) is 0 Å². The number of aryl methyl sites for hydroxylation is 1. The summed E-state index contributed by atoms with van der Waals surface area (Å²) in [6, 6.07) is 13.6. The van der Waals surface area contributed by atoms with Gasteiger partial charge in [-0.05, 0) is 36.6 Å². The molecule has 2 atom stereocenters. The summed E-state index contributed by atoms with van der Waals surface area (Å²) >= 11 is 0. The van der Waals surface area contributed by atoms with Crippen molar-refractivity contribution in [2.24, 2.45) is 10.9 Å². The average molecular weight is 532 g/mol. The molecule has 2 fully saturated rings. The number of halogens is 3. The Kier molecular flexibility index (Phi) is 8.61. The molecule has 2 heterocycles. The van der Waals surface area contributed by atoms with Crippen molar-refractivity contribution in [1.29, 1.82) is 0 Å². The Bertz CT molecular complexity index is 1140. The number of carbonyl (C=O) groups excluding carboxylic acids is 1. The number of amides is 2. The van der Waals surface area contributed by atoms with Gasteiger partial charge in [-0.25, -0.2) is 9.79 Å². The number of likely N-dealkylation sites (tertiary alicyclic amines) is 1. The normalized spacial score (nSPS) is 20.7. The Balaban J connectivity index is 1.59. The van der Waals surface area contributed by atoms with Crippen LogP contribution in [-0.2, 0) is 9.47 Å². The standard InChI is InChI=1S/C28H32F3N3O4/c1-19-4-6-21(7-5-19)20(2)32-26(36-3)24-16-23(22-8-10-25(11-9-22)38-28(29,30)31)17-34(18-24)27(35)33-12-14-37-15-13-33/h4-11,23-24H,2,12-18H2,1,3H3. The molecule has 7 nitrogen and oxygen atoms in total. The summed E-state index contributed by atoms with van der Waals surface area (Å²) in [6.07, 6.45) is -4.16. The van der Waals surface area contributed by atoms with Crippen LogP contribution in [0.5, 0.6) is 5.75 Å². The number of piperidine rings is 1. The van der Waals surface area contributed by atoms with Gasteiger partial charge in [0, 0.05) is 32.1 Å². The van der Waals surface area contributed by atoms with Gasteiger partial charge in [0.1, 0.15) is 5.75 Å². The van der Waals surface area contributed by atoms with Crippen LogP contribution >= 0.6 is 0 Å². The molecular formula is C28H32F3N3O4. The number of aliphatic imine (C=N–C) groups is 1. The molecule has 0 saturated carbocycles. The van der Waals surface area contributed by atoms with Crippen molar-refractivity contribution >= 4 is 17.6 Å². The van der Waals surface area contributed by atoms with E-state index < -0.39 is 6.36 Å². The minimum Gasteiger partial charge on any atom is -0.484 e. The number of hydrogen-bond donors (Lipinski definition) is 0. The highest BCUT2D eigenvalue weighted by molar-refractivity contribution is 5.86. The smallest absolute Gasteiger partial charge is 0.484 e. The second kappa shape index (κ2) is 11.9. The molecule has 0 spiro atoms. The number of nitrogens with zero attached hydrogens (tertiary/aromatic N) is 3. The fraction of sp³-hybridized carbons (Fsp3) is 0.429. The van der Waals surface area contributed by atoms with E-state index in [4.69, 9.17) is 14.5 Å². The largest absolute Gasteiger partial charge is 0.573 e. The Labute approximate surface area is 220 Å². The summed E-state index contributed by atoms with van der Waals surface area (Å²) in [7, 11) is 1.54. The number of methoxy groups -OCH3 is 1. The van der Waals surface area contributed by atoms with Crippen molar-refractivity contribution in [1.82, 2.24) is 9.80 Å². The van der Waals surface area contributed by atoms with Crippen LogP contribution in [-0.4, -0.2) is 74.6 Å². The van der Waals surface area contributed by atoms with Gasteiger partial charge in [-0.1, -0.05) is 48.5 Å². The fourth-order valence-corrected chi connectivity index (χ4v) is 4.82. The summed E-state index contributed by atoms with van der Waals surface area (Å²) in [5.41, 5.74) is 3.33. The van der Waals surface area contributed by atoms with Crippen LogP contribution in [0.25, 0.3) is 5.70 Å². The molecule has 204 valence electrons. The molecule has 0 aromatic heterocycles. The Hall–Kier alpha value is -3.53. The SMILES string of the molecule is C=C(N=C(OC)C1CC(c2ccc(OC(F)(F)F)cc2)CN(C(=O)N2CCOCC2)C1)c1ccc(C)cc1. The molecule has 4 rings (SSSR count). The number of rotatable bonds is 5. The van der Waals surface area contributed by atoms with E-state index >= 15 is 0 Å². The van der Waals surface area contributed by atoms with Crippen molar-refractivity contribution in [3.05, 3.63) is 71.8 Å². The van der Waals surface area contributed by atoms with Crippen LogP contribution in [0.3, 0.4) is 0 Å². The van der Waals surface area contributed by atoms with Gasteiger partial charge in [0.2, 0.25) is 0 Å². The maximum Gasteiger partial charge on any atom is 0.573 e. The summed E-state index contributed by atoms with van der Waals surface area (Å²) < 4.78 is 53.0. The summed E-state index contributed by atoms with van der Waals surface area (Å²) in [5.74, 6) is -0.218. The van der Waals surface area contributed by atoms with E-state index in [1.165, 1.54) is 12.1 Å². The van der Waals surface area contributed by atoms with Crippen LogP contribution in [0, 0.1) is 12.8 Å². The maximum atomic E-state index is 13.4. The monoisotopic (exact) mass is 531 g/mol. The molecule has 0 radical (unpaired) electrons. The molecule has 2 saturated heterocycles. The molecule has 10 heteroatoms. The molecule has 2 aromatic rings. The van der Waals surface area contributed by atoms with Gasteiger partial charge in [0.25, 0.3) is 0 Å². The lowest BCUT2D eigenvalue weighted by Crippen LogP contribution is -2.53. The van der Waals surface area contributed by atoms with E-state index in [1.54, 1.807) is 29.0 Å². The first kappa shape index (κ1) is 27.5. The number of morpholine rings is 1. The molecule has 38 heavy (non-hydrogen) atoms. The second-order valence-corrected chi connectivity index (χ2v) is 9.50. The number of alkyl halides is 3. The number of carbonyl (C=O) groups is 1. The Morgan fingerprint density at radius 3 is 2.29 bits per heavy atom. The average Bonchev–Trinajstić information content (AvgIpc) is 2.91. The second-order valence-electron chi connectivity index (χ2n) is 9.50. The molecule has 2 aromatic carbocycles. The highest BCUT2D eigenvalue weighted by Gasteiger charge is 2.36. The molecule has 0 aliphatic carbocycles. The van der Waals surface area contributed by atoms with Crippen LogP contribution in [0.2, 0.25) is 0 Å². The van der Waals surface area contributed by atoms with Gasteiger partial charge < -0.3 is 24.0 Å². The first-order valence-electron chi connectivity index (χ1n) is 12.5. The molecule has 0 bridgehead atoms. The van der Waals surface area contributed by atoms with E-state index in [0.29, 0.717) is 57.4 Å². The highest BCUT2D eigenvalue weighted by Crippen LogP contribution is 2.34. The van der Waals surface area contributed by atoms with Crippen molar-refractivity contribution < 1.29 is 32.2 Å². The number of hydrogen-bond acceptors (Lipinski definition) is 5. The third-order valence-electron chi connectivity index (χ3n) is 6.78. The topological polar surface area (TPSA) is 63.6 Å². The zero-order valence-corrected chi connectivity index (χ0v) is 21.5. The zero-order valence-electron chi connectivity index (χ0n) is 21.5. The van der Waals surface area contributed by atoms with E-state index in [2.05, 4.69) is 11.3 Å². The van der Waals surface area contributed by atoms with E-state index in [-0.39, 0.29) is 23.6 Å². The summed E-state index contributed by atoms with van der Waals surface area (Å²) in [4.78, 5) is 21.7. The molecule has 2 amide bonds. The molecule has 2 unspecified atom stereocenters. The van der Waals surface area contributed by atoms with Crippen LogP contribution in [0.4, 0.5) is 18.0 Å². The van der Waals surface area contributed by atoms with Crippen LogP contribution < -0.4 is 4.74 Å². The van der Waals surface area contributed by atoms with Gasteiger partial charge in [0.05, 0.1) is 31.9 Å². The summed E-state index contributed by atoms with van der Waals surface area (Å²) in [5, 5.41) is 0. The lowest BCUT2D eigenvalue weighted by Gasteiger charge is -2.41. The van der Waals surface area contributed by atoms with Gasteiger partial charge in [-0.2, -0.15) is 0 Å². The van der Waals surface area contributed by atoms with Crippen molar-refractivity contribution in [2.45, 2.75) is 25.6 Å². The number of benzene rings is 2. The van der Waals surface area contributed by atoms with E-state index in [1.807, 2.05) is 31.2 Å². The minimum absolute atomic E-state index is 0.104. The third kappa shape index (κ3) is 7.06. The first-order chi connectivity index (χ1) is 18.1. The minimum atomic E-state index is -4.76. The quantitative estimate of drug-likeness (QED) is 0.379. The van der Waals surface area contributed by atoms with Gasteiger partial charge >= 0.3 is 12.4 Å². The van der Waals surface area contributed by atoms with E-state index in [0.717, 1.165) is 16.7 Å². The predicted octanol–water partition coefficient (Wildman–Crippen LogP) is 5.47. The van der Waals surface area contributed by atoms with Gasteiger partial charge in [-0.15, -0.1) is 13.2 Å². The van der Waals surface area contributed by atoms with Crippen LogP contribution in [0.1, 0.15) is 29.0 Å². The molecule has 2 aliphatic heterocycles. The molecular weight excluding hydrogens is 499 g/mol. The molecule has 2 aliphatic rings. The van der Waals surface area contributed by atoms with Crippen molar-refractivity contribution in [2.75, 3.05) is 46.5 Å². The third-order valence-corrected chi connectivity index (χ3v) is 6.78. The first-order valence-corrected chi connectivity index (χ1v) is 12.5. The van der Waals surface area contributed by atoms with Crippen LogP contribution in [0.15, 0.2) is 60.1 Å². The maximum absolute atomic E-state index is 13.4. The van der Waals surface area contributed by atoms with Gasteiger partial charge in [0.15, 0.2) is 5.90 Å². The molecule has 0 N–H and O–H groups in total. The number of ether oxygens (including phenoxy) is 3. The van der Waals surface area contributed by atoms with E-state index in [9.17, 15) is 18.0 Å². The Morgan fingerprint density at radius 1 is 1.03 bits per heavy atom. The van der Waals surface area contributed by atoms with Crippen molar-refractivity contribution in [3.8, 4) is 5.75 Å². The number of urea groups is 1. The summed E-state index contributed by atoms with van der Waals surface area (Å²) in [6.45, 7) is 8.89. The lowest BCUT2D eigenvalue weighted by molar-refractivity contribution is -0.274. The van der Waals surface area contributed by atoms with Crippen molar-refractivity contribution in [3.63, 3.8) is 0 Å². The fourth-order valence-electron chi connectivity index (χ4n) is 4.82. The lowest BCUT2D eigenvalue weighted by atomic mass is 9.84. The highest BCUT2D eigenvalue weighted by atomic mass is 19.4. The predicted molar refractivity (Wildman–Crippen MR) is 138 cm³/mol. The Morgan fingerprint density at radius 2 is 1.68 bits per heavy atom.